The van der Waals surface area contributed by atoms with Crippen LogP contribution < -0.4 is 4.74 Å². The molecule has 2 rings (SSSR count). The van der Waals surface area contributed by atoms with Gasteiger partial charge in [-0.3, -0.25) is 4.79 Å². The minimum atomic E-state index is -0.252. The predicted octanol–water partition coefficient (Wildman–Crippen LogP) is 4.81. The molecule has 0 bridgehead atoms. The molecule has 0 heterocycles. The Hall–Kier alpha value is -2.33. The number of carbonyl (C=O) groups excluding carboxylic acids is 1. The van der Waals surface area contributed by atoms with E-state index in [0.29, 0.717) is 18.6 Å². The third kappa shape index (κ3) is 5.59. The van der Waals surface area contributed by atoms with Crippen molar-refractivity contribution in [3.63, 3.8) is 0 Å². The van der Waals surface area contributed by atoms with Crippen LogP contribution in [0.25, 0.3) is 0 Å². The van der Waals surface area contributed by atoms with Gasteiger partial charge >= 0.3 is 0 Å². The fraction of sp³-hybridized carbons (Fsp3) is 0.458. The summed E-state index contributed by atoms with van der Waals surface area (Å²) in [7, 11) is 0. The Bertz CT molecular complexity index is 789. The zero-order valence-electron chi connectivity index (χ0n) is 17.8. The highest BCUT2D eigenvalue weighted by Crippen LogP contribution is 2.36. The average molecular weight is 384 g/mol. The molecule has 4 heteroatoms. The fourth-order valence-corrected chi connectivity index (χ4v) is 3.31. The van der Waals surface area contributed by atoms with E-state index in [2.05, 4.69) is 18.7 Å². The normalized spacial score (nSPS) is 11.6. The molecule has 0 radical (unpaired) electrons. The molecule has 4 nitrogen and oxygen atoms in total. The quantitative estimate of drug-likeness (QED) is 0.631. The first kappa shape index (κ1) is 22.0. The van der Waals surface area contributed by atoms with Gasteiger partial charge in [-0.2, -0.15) is 0 Å². The number of phenolic OH excluding ortho intramolecular Hbond substituents is 1. The van der Waals surface area contributed by atoms with Crippen molar-refractivity contribution in [1.82, 2.24) is 4.90 Å². The molecule has 0 unspecified atom stereocenters. The molecule has 2 aromatic rings. The largest absolute Gasteiger partial charge is 0.507 e. The molecular formula is C24H33NO3. The van der Waals surface area contributed by atoms with E-state index in [1.54, 1.807) is 12.1 Å². The Morgan fingerprint density at radius 3 is 2.36 bits per heavy atom. The predicted molar refractivity (Wildman–Crippen MR) is 115 cm³/mol. The van der Waals surface area contributed by atoms with Crippen molar-refractivity contribution in [2.24, 2.45) is 0 Å². The summed E-state index contributed by atoms with van der Waals surface area (Å²) >= 11 is 0. The number of nitrogens with zero attached hydrogens (tertiary/aromatic N) is 1. The van der Waals surface area contributed by atoms with E-state index in [9.17, 15) is 9.90 Å². The van der Waals surface area contributed by atoms with Gasteiger partial charge in [-0.25, -0.2) is 0 Å². The van der Waals surface area contributed by atoms with E-state index < -0.39 is 0 Å². The summed E-state index contributed by atoms with van der Waals surface area (Å²) in [5.74, 6) is 1.08. The lowest BCUT2D eigenvalue weighted by molar-refractivity contribution is 0.112. The van der Waals surface area contributed by atoms with Gasteiger partial charge in [0.2, 0.25) is 0 Å². The van der Waals surface area contributed by atoms with Crippen LogP contribution in [-0.4, -0.2) is 42.5 Å². The molecule has 1 N–H and O–H groups in total. The lowest BCUT2D eigenvalue weighted by Gasteiger charge is -2.23. The smallest absolute Gasteiger partial charge is 0.150 e. The highest BCUT2D eigenvalue weighted by atomic mass is 16.5. The highest BCUT2D eigenvalue weighted by Gasteiger charge is 2.22. The molecule has 0 aromatic heterocycles. The number of para-hydroxylation sites is 1. The molecule has 0 aliphatic rings. The van der Waals surface area contributed by atoms with Gasteiger partial charge < -0.3 is 14.7 Å². The monoisotopic (exact) mass is 383 g/mol. The standard InChI is InChI=1S/C24H33NO3/c1-6-25(7-2)12-13-28-22-11-9-8-10-19(22)16-20-14-18(17-26)15-21(23(20)27)24(3,4)5/h8-11,14-15,17,27H,6-7,12-13,16H2,1-5H3. The molecule has 0 amide bonds. The summed E-state index contributed by atoms with van der Waals surface area (Å²) in [6.07, 6.45) is 1.35. The Morgan fingerprint density at radius 2 is 1.75 bits per heavy atom. The molecule has 0 saturated carbocycles. The molecular weight excluding hydrogens is 350 g/mol. The van der Waals surface area contributed by atoms with Gasteiger partial charge in [0, 0.05) is 24.1 Å². The summed E-state index contributed by atoms with van der Waals surface area (Å²) in [6.45, 7) is 13.9. The number of benzene rings is 2. The number of phenols is 1. The molecule has 0 aliphatic heterocycles. The molecule has 0 saturated heterocycles. The van der Waals surface area contributed by atoms with Crippen LogP contribution in [0.5, 0.6) is 11.5 Å². The van der Waals surface area contributed by atoms with Crippen LogP contribution in [0, 0.1) is 0 Å². The first-order valence-corrected chi connectivity index (χ1v) is 10.0. The van der Waals surface area contributed by atoms with Crippen molar-refractivity contribution < 1.29 is 14.6 Å². The number of hydrogen-bond acceptors (Lipinski definition) is 4. The van der Waals surface area contributed by atoms with Gasteiger partial charge in [0.1, 0.15) is 24.4 Å². The van der Waals surface area contributed by atoms with Crippen LogP contribution in [0.15, 0.2) is 36.4 Å². The molecule has 2 aromatic carbocycles. The maximum Gasteiger partial charge on any atom is 0.150 e. The van der Waals surface area contributed by atoms with Gasteiger partial charge in [-0.05, 0) is 47.8 Å². The Labute approximate surface area is 169 Å². The number of ether oxygens (including phenoxy) is 1. The van der Waals surface area contributed by atoms with Crippen molar-refractivity contribution >= 4 is 6.29 Å². The van der Waals surface area contributed by atoms with Crippen LogP contribution in [0.1, 0.15) is 61.7 Å². The Kier molecular flexibility index (Phi) is 7.64. The van der Waals surface area contributed by atoms with Crippen molar-refractivity contribution in [3.05, 3.63) is 58.7 Å². The summed E-state index contributed by atoms with van der Waals surface area (Å²) < 4.78 is 6.04. The van der Waals surface area contributed by atoms with Crippen LogP contribution in [0.2, 0.25) is 0 Å². The van der Waals surface area contributed by atoms with E-state index in [1.807, 2.05) is 45.0 Å². The molecule has 0 spiro atoms. The van der Waals surface area contributed by atoms with Crippen molar-refractivity contribution in [2.45, 2.75) is 46.5 Å². The van der Waals surface area contributed by atoms with E-state index >= 15 is 0 Å². The number of rotatable bonds is 9. The van der Waals surface area contributed by atoms with Gasteiger partial charge in [0.05, 0.1) is 0 Å². The van der Waals surface area contributed by atoms with E-state index in [1.165, 1.54) is 0 Å². The zero-order chi connectivity index (χ0) is 20.7. The molecule has 28 heavy (non-hydrogen) atoms. The maximum absolute atomic E-state index is 11.4. The summed E-state index contributed by atoms with van der Waals surface area (Å²) in [4.78, 5) is 13.7. The fourth-order valence-electron chi connectivity index (χ4n) is 3.31. The molecule has 152 valence electrons. The Morgan fingerprint density at radius 1 is 1.07 bits per heavy atom. The van der Waals surface area contributed by atoms with E-state index in [-0.39, 0.29) is 11.2 Å². The minimum absolute atomic E-state index is 0.252. The minimum Gasteiger partial charge on any atom is -0.507 e. The first-order valence-electron chi connectivity index (χ1n) is 10.0. The van der Waals surface area contributed by atoms with E-state index in [4.69, 9.17) is 4.74 Å². The van der Waals surface area contributed by atoms with Gasteiger partial charge in [-0.15, -0.1) is 0 Å². The van der Waals surface area contributed by atoms with Crippen LogP contribution in [-0.2, 0) is 11.8 Å². The lowest BCUT2D eigenvalue weighted by atomic mass is 9.83. The summed E-state index contributed by atoms with van der Waals surface area (Å²) in [5.41, 5.74) is 2.86. The zero-order valence-corrected chi connectivity index (χ0v) is 17.8. The lowest BCUT2D eigenvalue weighted by Crippen LogP contribution is -2.28. The second kappa shape index (κ2) is 9.74. The van der Waals surface area contributed by atoms with Gasteiger partial charge in [-0.1, -0.05) is 52.8 Å². The third-order valence-corrected chi connectivity index (χ3v) is 5.07. The molecule has 0 atom stereocenters. The number of hydrogen-bond donors (Lipinski definition) is 1. The van der Waals surface area contributed by atoms with Crippen molar-refractivity contribution in [3.8, 4) is 11.5 Å². The molecule has 0 aliphatic carbocycles. The maximum atomic E-state index is 11.4. The second-order valence-electron chi connectivity index (χ2n) is 8.10. The van der Waals surface area contributed by atoms with Crippen LogP contribution >= 0.6 is 0 Å². The first-order chi connectivity index (χ1) is 13.3. The van der Waals surface area contributed by atoms with Gasteiger partial charge in [0.15, 0.2) is 0 Å². The second-order valence-corrected chi connectivity index (χ2v) is 8.10. The van der Waals surface area contributed by atoms with Crippen molar-refractivity contribution in [1.29, 1.82) is 0 Å². The number of aldehydes is 1. The summed E-state index contributed by atoms with van der Waals surface area (Å²) in [6, 6.07) is 11.4. The number of carbonyl (C=O) groups is 1. The van der Waals surface area contributed by atoms with Gasteiger partial charge in [0.25, 0.3) is 0 Å². The third-order valence-electron chi connectivity index (χ3n) is 5.07. The SMILES string of the molecule is CCN(CC)CCOc1ccccc1Cc1cc(C=O)cc(C(C)(C)C)c1O. The number of aromatic hydroxyl groups is 1. The van der Waals surface area contributed by atoms with E-state index in [0.717, 1.165) is 48.4 Å². The van der Waals surface area contributed by atoms with Crippen molar-refractivity contribution in [2.75, 3.05) is 26.2 Å². The average Bonchev–Trinajstić information content (AvgIpc) is 2.67. The van der Waals surface area contributed by atoms with Crippen LogP contribution in [0.4, 0.5) is 0 Å². The number of likely N-dealkylation sites (N-methyl/N-ethyl adjacent to an activating group) is 1. The van der Waals surface area contributed by atoms with Crippen LogP contribution in [0.3, 0.4) is 0 Å². The summed E-state index contributed by atoms with van der Waals surface area (Å²) in [5, 5.41) is 10.8. The molecule has 0 fully saturated rings. The topological polar surface area (TPSA) is 49.8 Å². The highest BCUT2D eigenvalue weighted by molar-refractivity contribution is 5.77. The Balaban J connectivity index is 2.28.